The third-order valence-electron chi connectivity index (χ3n) is 6.02. The number of hydrogen-bond donors (Lipinski definition) is 2. The Morgan fingerprint density at radius 1 is 0.690 bits per heavy atom. The van der Waals surface area contributed by atoms with Gasteiger partial charge in [0.05, 0.1) is 22.5 Å². The molecular formula is C27H17F6N7O2. The molecule has 0 aliphatic heterocycles. The number of nitrogen functional groups attached to an aromatic ring is 1. The number of carboxylic acid groups (broad SMARTS) is 1. The van der Waals surface area contributed by atoms with Crippen molar-refractivity contribution in [3.63, 3.8) is 0 Å². The van der Waals surface area contributed by atoms with Crippen LogP contribution in [-0.2, 0) is 12.4 Å². The number of hydrogen-bond acceptors (Lipinski definition) is 6. The molecule has 0 saturated heterocycles. The molecule has 0 amide bonds. The number of benzene rings is 2. The Balaban J connectivity index is 0.000000169. The van der Waals surface area contributed by atoms with E-state index in [4.69, 9.17) is 10.8 Å². The summed E-state index contributed by atoms with van der Waals surface area (Å²) < 4.78 is 81.0. The minimum absolute atomic E-state index is 0.0121. The molecule has 0 radical (unpaired) electrons. The molecule has 6 aromatic rings. The van der Waals surface area contributed by atoms with Crippen molar-refractivity contribution in [1.29, 1.82) is 0 Å². The second-order valence-corrected chi connectivity index (χ2v) is 8.70. The van der Waals surface area contributed by atoms with Crippen molar-refractivity contribution in [2.75, 3.05) is 5.73 Å². The Labute approximate surface area is 231 Å². The first-order valence-electron chi connectivity index (χ1n) is 11.8. The highest BCUT2D eigenvalue weighted by Gasteiger charge is 2.34. The van der Waals surface area contributed by atoms with E-state index in [-0.39, 0.29) is 39.7 Å². The highest BCUT2D eigenvalue weighted by molar-refractivity contribution is 5.92. The van der Waals surface area contributed by atoms with E-state index in [1.165, 1.54) is 71.8 Å². The van der Waals surface area contributed by atoms with E-state index in [1.54, 1.807) is 10.6 Å². The molecule has 6 rings (SSSR count). The summed E-state index contributed by atoms with van der Waals surface area (Å²) in [6, 6.07) is 13.2. The molecule has 0 fully saturated rings. The van der Waals surface area contributed by atoms with Crippen molar-refractivity contribution in [2.24, 2.45) is 0 Å². The van der Waals surface area contributed by atoms with E-state index in [0.29, 0.717) is 5.65 Å². The summed E-state index contributed by atoms with van der Waals surface area (Å²) >= 11 is 0. The number of nitrogens with zero attached hydrogens (tertiary/aromatic N) is 6. The van der Waals surface area contributed by atoms with Gasteiger partial charge in [-0.2, -0.15) is 26.3 Å². The van der Waals surface area contributed by atoms with Crippen LogP contribution in [0.2, 0.25) is 0 Å². The first-order chi connectivity index (χ1) is 19.8. The zero-order chi connectivity index (χ0) is 30.2. The van der Waals surface area contributed by atoms with Gasteiger partial charge in [-0.3, -0.25) is 8.80 Å². The van der Waals surface area contributed by atoms with Gasteiger partial charge in [-0.25, -0.2) is 24.7 Å². The molecule has 4 heterocycles. The normalized spacial score (nSPS) is 11.9. The Kier molecular flexibility index (Phi) is 7.02. The fourth-order valence-corrected chi connectivity index (χ4v) is 4.13. The highest BCUT2D eigenvalue weighted by atomic mass is 19.4. The van der Waals surface area contributed by atoms with Crippen molar-refractivity contribution in [1.82, 2.24) is 28.7 Å². The van der Waals surface area contributed by atoms with Gasteiger partial charge in [0.25, 0.3) is 0 Å². The zero-order valence-corrected chi connectivity index (χ0v) is 21.0. The predicted molar refractivity (Wildman–Crippen MR) is 138 cm³/mol. The fraction of sp³-hybridized carbons (Fsp3) is 0.0741. The number of rotatable bonds is 3. The molecule has 15 heteroatoms. The summed E-state index contributed by atoms with van der Waals surface area (Å²) in [5.41, 5.74) is 4.22. The quantitative estimate of drug-likeness (QED) is 0.240. The third kappa shape index (κ3) is 5.43. The maximum atomic E-state index is 13.1. The second kappa shape index (κ2) is 10.5. The van der Waals surface area contributed by atoms with Gasteiger partial charge < -0.3 is 10.8 Å². The van der Waals surface area contributed by atoms with Gasteiger partial charge in [-0.15, -0.1) is 0 Å². The SMILES string of the molecule is Nc1ncn2ccc(-c3ccccc3C(F)(F)F)nc12.O=C(O)c1ncn2ccc(-c3ccccc3C(F)(F)F)nc12. The van der Waals surface area contributed by atoms with Gasteiger partial charge in [0.15, 0.2) is 22.8 Å². The molecule has 0 aliphatic rings. The predicted octanol–water partition coefficient (Wildman–Crippen LogP) is 6.11. The van der Waals surface area contributed by atoms with Gasteiger partial charge in [0.2, 0.25) is 0 Å². The van der Waals surface area contributed by atoms with E-state index in [1.807, 2.05) is 0 Å². The molecule has 0 bridgehead atoms. The number of aromatic nitrogens is 6. The standard InChI is InChI=1S/C14H8F3N3O2.C13H9F3N4/c15-14(16,17)9-4-2-1-3-8(9)10-5-6-20-7-18-11(13(21)22)12(20)19-10;14-13(15,16)9-4-2-1-3-8(9)10-5-6-20-7-18-11(17)12(20)19-10/h1-7H,(H,21,22);1-7H,17H2. The topological polar surface area (TPSA) is 124 Å². The van der Waals surface area contributed by atoms with E-state index >= 15 is 0 Å². The molecule has 9 nitrogen and oxygen atoms in total. The second-order valence-electron chi connectivity index (χ2n) is 8.70. The van der Waals surface area contributed by atoms with E-state index < -0.39 is 29.4 Å². The Morgan fingerprint density at radius 3 is 1.64 bits per heavy atom. The molecule has 3 N–H and O–H groups in total. The number of aromatic carboxylic acids is 1. The largest absolute Gasteiger partial charge is 0.476 e. The van der Waals surface area contributed by atoms with Crippen LogP contribution >= 0.6 is 0 Å². The molecule has 4 aromatic heterocycles. The summed E-state index contributed by atoms with van der Waals surface area (Å²) in [6.45, 7) is 0. The summed E-state index contributed by atoms with van der Waals surface area (Å²) in [5, 5.41) is 9.02. The lowest BCUT2D eigenvalue weighted by molar-refractivity contribution is -0.137. The average molecular weight is 585 g/mol. The Bertz CT molecular complexity index is 1930. The highest BCUT2D eigenvalue weighted by Crippen LogP contribution is 2.37. The van der Waals surface area contributed by atoms with Gasteiger partial charge in [0.1, 0.15) is 12.7 Å². The molecule has 0 unspecified atom stereocenters. The number of anilines is 1. The number of nitrogens with two attached hydrogens (primary N) is 1. The lowest BCUT2D eigenvalue weighted by atomic mass is 10.0. The smallest absolute Gasteiger partial charge is 0.417 e. The molecule has 2 aromatic carbocycles. The van der Waals surface area contributed by atoms with Crippen LogP contribution in [0.5, 0.6) is 0 Å². The third-order valence-corrected chi connectivity index (χ3v) is 6.02. The number of halogens is 6. The molecular weight excluding hydrogens is 568 g/mol. The molecule has 0 atom stereocenters. The summed E-state index contributed by atoms with van der Waals surface area (Å²) in [4.78, 5) is 26.8. The number of carbonyl (C=O) groups is 1. The molecule has 214 valence electrons. The van der Waals surface area contributed by atoms with Crippen LogP contribution in [0.1, 0.15) is 21.6 Å². The molecule has 0 spiro atoms. The van der Waals surface area contributed by atoms with Gasteiger partial charge in [-0.1, -0.05) is 36.4 Å². The summed E-state index contributed by atoms with van der Waals surface area (Å²) in [6.07, 6.45) is -3.27. The first-order valence-corrected chi connectivity index (χ1v) is 11.8. The van der Waals surface area contributed by atoms with Gasteiger partial charge in [0, 0.05) is 23.5 Å². The molecule has 0 saturated carbocycles. The van der Waals surface area contributed by atoms with Crippen molar-refractivity contribution < 1.29 is 36.2 Å². The monoisotopic (exact) mass is 585 g/mol. The van der Waals surface area contributed by atoms with Gasteiger partial charge in [-0.05, 0) is 24.3 Å². The van der Waals surface area contributed by atoms with Crippen LogP contribution in [0, 0.1) is 0 Å². The molecule has 42 heavy (non-hydrogen) atoms. The van der Waals surface area contributed by atoms with Crippen LogP contribution in [0.4, 0.5) is 32.2 Å². The maximum Gasteiger partial charge on any atom is 0.417 e. The van der Waals surface area contributed by atoms with Crippen LogP contribution < -0.4 is 5.73 Å². The van der Waals surface area contributed by atoms with Crippen molar-refractivity contribution in [3.05, 3.63) is 103 Å². The lowest BCUT2D eigenvalue weighted by Gasteiger charge is -2.12. The Morgan fingerprint density at radius 2 is 1.14 bits per heavy atom. The van der Waals surface area contributed by atoms with Gasteiger partial charge >= 0.3 is 18.3 Å². The summed E-state index contributed by atoms with van der Waals surface area (Å²) in [7, 11) is 0. The van der Waals surface area contributed by atoms with Crippen molar-refractivity contribution in [3.8, 4) is 22.5 Å². The molecule has 0 aliphatic carbocycles. The average Bonchev–Trinajstić information content (AvgIpc) is 3.55. The number of imidazole rings is 2. The number of fused-ring (bicyclic) bond motifs is 2. The van der Waals surface area contributed by atoms with Crippen LogP contribution in [-0.4, -0.2) is 39.8 Å². The van der Waals surface area contributed by atoms with Crippen LogP contribution in [0.25, 0.3) is 33.8 Å². The van der Waals surface area contributed by atoms with Crippen LogP contribution in [0.3, 0.4) is 0 Å². The van der Waals surface area contributed by atoms with E-state index in [0.717, 1.165) is 12.1 Å². The van der Waals surface area contributed by atoms with E-state index in [9.17, 15) is 31.1 Å². The maximum absolute atomic E-state index is 13.1. The fourth-order valence-electron chi connectivity index (χ4n) is 4.13. The van der Waals surface area contributed by atoms with Crippen molar-refractivity contribution >= 4 is 23.1 Å². The number of alkyl halides is 6. The minimum atomic E-state index is -4.53. The first kappa shape index (κ1) is 28.1. The Hall–Kier alpha value is -5.47. The number of carboxylic acids is 1. The van der Waals surface area contributed by atoms with Crippen LogP contribution in [0.15, 0.2) is 85.7 Å². The zero-order valence-electron chi connectivity index (χ0n) is 21.0. The van der Waals surface area contributed by atoms with Crippen molar-refractivity contribution in [2.45, 2.75) is 12.4 Å². The van der Waals surface area contributed by atoms with E-state index in [2.05, 4.69) is 19.9 Å². The lowest BCUT2D eigenvalue weighted by Crippen LogP contribution is -2.08. The summed E-state index contributed by atoms with van der Waals surface area (Å²) in [5.74, 6) is -1.12. The minimum Gasteiger partial charge on any atom is -0.476 e.